The Morgan fingerprint density at radius 3 is 2.58 bits per heavy atom. The van der Waals surface area contributed by atoms with Gasteiger partial charge in [-0.25, -0.2) is 4.39 Å². The summed E-state index contributed by atoms with van der Waals surface area (Å²) >= 11 is 0. The Morgan fingerprint density at radius 1 is 1.25 bits per heavy atom. The highest BCUT2D eigenvalue weighted by atomic mass is 19.1. The number of rotatable bonds is 7. The number of hydrogen-bond donors (Lipinski definition) is 2. The van der Waals surface area contributed by atoms with Crippen LogP contribution in [0, 0.1) is 11.7 Å². The molecule has 0 spiro atoms. The summed E-state index contributed by atoms with van der Waals surface area (Å²) < 4.78 is 18.5. The second-order valence-corrected chi connectivity index (χ2v) is 5.74. The smallest absolute Gasteiger partial charge is 0.224 e. The first-order valence-corrected chi connectivity index (χ1v) is 7.93. The maximum absolute atomic E-state index is 13.6. The number of nitrogens with one attached hydrogen (secondary N) is 1. The van der Waals surface area contributed by atoms with Crippen LogP contribution in [0.5, 0.6) is 5.75 Å². The van der Waals surface area contributed by atoms with E-state index in [0.717, 1.165) is 11.1 Å². The lowest BCUT2D eigenvalue weighted by atomic mass is 9.94. The van der Waals surface area contributed by atoms with E-state index in [9.17, 15) is 9.18 Å². The van der Waals surface area contributed by atoms with E-state index < -0.39 is 5.82 Å². The Hall–Kier alpha value is -2.40. The van der Waals surface area contributed by atoms with Crippen LogP contribution < -0.4 is 15.8 Å². The molecule has 5 heteroatoms. The van der Waals surface area contributed by atoms with Crippen LogP contribution in [0.2, 0.25) is 0 Å². The molecule has 1 amide bonds. The maximum Gasteiger partial charge on any atom is 0.224 e. The predicted octanol–water partition coefficient (Wildman–Crippen LogP) is 2.83. The molecule has 2 aromatic rings. The third-order valence-corrected chi connectivity index (χ3v) is 4.07. The average Bonchev–Trinajstić information content (AvgIpc) is 2.61. The molecule has 0 heterocycles. The summed E-state index contributed by atoms with van der Waals surface area (Å²) in [5.41, 5.74) is 7.88. The van der Waals surface area contributed by atoms with E-state index in [2.05, 4.69) is 5.32 Å². The molecule has 2 aromatic carbocycles. The van der Waals surface area contributed by atoms with Gasteiger partial charge in [-0.1, -0.05) is 43.3 Å². The lowest BCUT2D eigenvalue weighted by Crippen LogP contribution is -2.36. The van der Waals surface area contributed by atoms with Gasteiger partial charge in [0.05, 0.1) is 13.0 Å². The molecular weight excluding hydrogens is 307 g/mol. The number of nitrogens with two attached hydrogens (primary N) is 1. The lowest BCUT2D eigenvalue weighted by molar-refractivity contribution is -0.125. The van der Waals surface area contributed by atoms with Crippen molar-refractivity contribution in [1.82, 2.24) is 5.32 Å². The van der Waals surface area contributed by atoms with Crippen LogP contribution in [0.1, 0.15) is 24.1 Å². The lowest BCUT2D eigenvalue weighted by Gasteiger charge is -2.19. The molecule has 0 fully saturated rings. The van der Waals surface area contributed by atoms with Crippen molar-refractivity contribution in [2.75, 3.05) is 13.7 Å². The Morgan fingerprint density at radius 2 is 1.96 bits per heavy atom. The van der Waals surface area contributed by atoms with Crippen LogP contribution in [0.3, 0.4) is 0 Å². The first-order chi connectivity index (χ1) is 11.5. The molecular formula is C19H23FN2O2. The highest BCUT2D eigenvalue weighted by molar-refractivity contribution is 5.79. The minimum Gasteiger partial charge on any atom is -0.494 e. The van der Waals surface area contributed by atoms with Crippen molar-refractivity contribution >= 4 is 5.91 Å². The zero-order chi connectivity index (χ0) is 17.5. The fourth-order valence-corrected chi connectivity index (χ4v) is 2.48. The molecule has 2 atom stereocenters. The monoisotopic (exact) mass is 330 g/mol. The van der Waals surface area contributed by atoms with Gasteiger partial charge in [0.15, 0.2) is 11.6 Å². The molecule has 0 saturated heterocycles. The van der Waals surface area contributed by atoms with Crippen molar-refractivity contribution in [3.8, 4) is 5.75 Å². The van der Waals surface area contributed by atoms with Gasteiger partial charge < -0.3 is 15.8 Å². The quantitative estimate of drug-likeness (QED) is 0.820. The van der Waals surface area contributed by atoms with Gasteiger partial charge in [0.25, 0.3) is 0 Å². The zero-order valence-corrected chi connectivity index (χ0v) is 14.0. The number of ether oxygens (including phenoxy) is 1. The van der Waals surface area contributed by atoms with Gasteiger partial charge in [-0.3, -0.25) is 4.79 Å². The van der Waals surface area contributed by atoms with E-state index in [1.54, 1.807) is 19.1 Å². The van der Waals surface area contributed by atoms with E-state index in [1.807, 2.05) is 30.3 Å². The van der Waals surface area contributed by atoms with E-state index in [4.69, 9.17) is 10.5 Å². The van der Waals surface area contributed by atoms with Gasteiger partial charge >= 0.3 is 0 Å². The SMILES string of the molecule is COc1ccc(CCNC(=O)C(C)C(N)c2ccccc2)cc1F. The van der Waals surface area contributed by atoms with E-state index in [1.165, 1.54) is 13.2 Å². The number of benzene rings is 2. The van der Waals surface area contributed by atoms with Crippen LogP contribution in [-0.2, 0) is 11.2 Å². The molecule has 0 saturated carbocycles. The molecule has 4 nitrogen and oxygen atoms in total. The van der Waals surface area contributed by atoms with Crippen molar-refractivity contribution in [3.63, 3.8) is 0 Å². The van der Waals surface area contributed by atoms with Crippen molar-refractivity contribution in [3.05, 3.63) is 65.5 Å². The summed E-state index contributed by atoms with van der Waals surface area (Å²) in [5.74, 6) is -0.647. The number of methoxy groups -OCH3 is 1. The van der Waals surface area contributed by atoms with Gasteiger partial charge in [-0.05, 0) is 29.7 Å². The van der Waals surface area contributed by atoms with Crippen LogP contribution in [-0.4, -0.2) is 19.6 Å². The molecule has 0 aliphatic heterocycles. The third-order valence-electron chi connectivity index (χ3n) is 4.07. The molecule has 128 valence electrons. The van der Waals surface area contributed by atoms with Crippen LogP contribution >= 0.6 is 0 Å². The van der Waals surface area contributed by atoms with E-state index >= 15 is 0 Å². The minimum atomic E-state index is -0.402. The number of hydrogen-bond acceptors (Lipinski definition) is 3. The first-order valence-electron chi connectivity index (χ1n) is 7.93. The van der Waals surface area contributed by atoms with Crippen LogP contribution in [0.4, 0.5) is 4.39 Å². The topological polar surface area (TPSA) is 64.3 Å². The van der Waals surface area contributed by atoms with Crippen molar-refractivity contribution in [2.45, 2.75) is 19.4 Å². The van der Waals surface area contributed by atoms with Gasteiger partial charge in [0.2, 0.25) is 5.91 Å². The highest BCUT2D eigenvalue weighted by Crippen LogP contribution is 2.19. The molecule has 3 N–H and O–H groups in total. The van der Waals surface area contributed by atoms with Gasteiger partial charge in [0.1, 0.15) is 0 Å². The summed E-state index contributed by atoms with van der Waals surface area (Å²) in [6.07, 6.45) is 0.542. The molecule has 2 unspecified atom stereocenters. The Labute approximate surface area is 141 Å². The van der Waals surface area contributed by atoms with E-state index in [0.29, 0.717) is 13.0 Å². The minimum absolute atomic E-state index is 0.111. The number of halogens is 1. The second kappa shape index (κ2) is 8.45. The van der Waals surface area contributed by atoms with Gasteiger partial charge in [0, 0.05) is 12.6 Å². The zero-order valence-electron chi connectivity index (χ0n) is 14.0. The maximum atomic E-state index is 13.6. The average molecular weight is 330 g/mol. The molecule has 0 bridgehead atoms. The molecule has 0 aliphatic rings. The Kier molecular flexibility index (Phi) is 6.32. The van der Waals surface area contributed by atoms with Crippen molar-refractivity contribution in [2.24, 2.45) is 11.7 Å². The normalized spacial score (nSPS) is 13.2. The molecule has 0 radical (unpaired) electrons. The first kappa shape index (κ1) is 17.9. The summed E-state index contributed by atoms with van der Waals surface area (Å²) in [6, 6.07) is 14.0. The largest absolute Gasteiger partial charge is 0.494 e. The van der Waals surface area contributed by atoms with Gasteiger partial charge in [-0.2, -0.15) is 0 Å². The standard InChI is InChI=1S/C19H23FN2O2/c1-13(18(21)15-6-4-3-5-7-15)19(23)22-11-10-14-8-9-17(24-2)16(20)12-14/h3-9,12-13,18H,10-11,21H2,1-2H3,(H,22,23). The molecule has 24 heavy (non-hydrogen) atoms. The summed E-state index contributed by atoms with van der Waals surface area (Å²) in [6.45, 7) is 2.23. The number of amides is 1. The van der Waals surface area contributed by atoms with Crippen LogP contribution in [0.25, 0.3) is 0 Å². The number of carbonyl (C=O) groups excluding carboxylic acids is 1. The fraction of sp³-hybridized carbons (Fsp3) is 0.316. The molecule has 0 aliphatic carbocycles. The summed E-state index contributed by atoms with van der Waals surface area (Å²) in [5, 5.41) is 2.86. The second-order valence-electron chi connectivity index (χ2n) is 5.74. The number of carbonyl (C=O) groups is 1. The van der Waals surface area contributed by atoms with Crippen LogP contribution in [0.15, 0.2) is 48.5 Å². The van der Waals surface area contributed by atoms with Crippen molar-refractivity contribution in [1.29, 1.82) is 0 Å². The fourth-order valence-electron chi connectivity index (χ4n) is 2.48. The van der Waals surface area contributed by atoms with Crippen molar-refractivity contribution < 1.29 is 13.9 Å². The summed E-state index contributed by atoms with van der Waals surface area (Å²) in [4.78, 5) is 12.2. The Bertz CT molecular complexity index is 676. The summed E-state index contributed by atoms with van der Waals surface area (Å²) in [7, 11) is 1.43. The predicted molar refractivity (Wildman–Crippen MR) is 92.2 cm³/mol. The van der Waals surface area contributed by atoms with E-state index in [-0.39, 0.29) is 23.6 Å². The molecule has 0 aromatic heterocycles. The Balaban J connectivity index is 1.85. The van der Waals surface area contributed by atoms with Gasteiger partial charge in [-0.15, -0.1) is 0 Å². The third kappa shape index (κ3) is 4.55. The highest BCUT2D eigenvalue weighted by Gasteiger charge is 2.21. The molecule has 2 rings (SSSR count).